The standard InChI is InChI=1S/C21H28ClN3O3/c1-4-24-13-17(20(26)16-11-15(22)5-6-18(16)24)21(27)23-12-19(14(2)3)25-7-9-28-10-8-25/h5-6,11,13-14,19H,4,7-10,12H2,1-3H3,(H,23,27)/t19-/m1/s1. The molecule has 1 saturated heterocycles. The fourth-order valence-corrected chi connectivity index (χ4v) is 3.95. The molecule has 1 fully saturated rings. The summed E-state index contributed by atoms with van der Waals surface area (Å²) < 4.78 is 7.34. The smallest absolute Gasteiger partial charge is 0.256 e. The van der Waals surface area contributed by atoms with Gasteiger partial charge in [0.1, 0.15) is 5.56 Å². The van der Waals surface area contributed by atoms with Crippen molar-refractivity contribution in [2.75, 3.05) is 32.8 Å². The molecule has 2 aromatic rings. The van der Waals surface area contributed by atoms with E-state index in [9.17, 15) is 9.59 Å². The lowest BCUT2D eigenvalue weighted by atomic mass is 10.0. The van der Waals surface area contributed by atoms with Crippen molar-refractivity contribution in [3.05, 3.63) is 45.2 Å². The highest BCUT2D eigenvalue weighted by molar-refractivity contribution is 6.31. The van der Waals surface area contributed by atoms with Crippen molar-refractivity contribution >= 4 is 28.4 Å². The minimum Gasteiger partial charge on any atom is -0.379 e. The van der Waals surface area contributed by atoms with Gasteiger partial charge in [-0.1, -0.05) is 25.4 Å². The number of carbonyl (C=O) groups is 1. The molecule has 0 unspecified atom stereocenters. The first kappa shape index (κ1) is 20.8. The number of amides is 1. The number of benzene rings is 1. The molecule has 1 aromatic carbocycles. The summed E-state index contributed by atoms with van der Waals surface area (Å²) in [6.07, 6.45) is 1.65. The molecular formula is C21H28ClN3O3. The average molecular weight is 406 g/mol. The Morgan fingerprint density at radius 3 is 2.64 bits per heavy atom. The van der Waals surface area contributed by atoms with Gasteiger partial charge in [-0.3, -0.25) is 14.5 Å². The zero-order valence-corrected chi connectivity index (χ0v) is 17.5. The van der Waals surface area contributed by atoms with Crippen LogP contribution in [0.5, 0.6) is 0 Å². The molecule has 0 aliphatic carbocycles. The average Bonchev–Trinajstić information content (AvgIpc) is 2.69. The van der Waals surface area contributed by atoms with E-state index in [0.717, 1.165) is 18.6 Å². The number of hydrogen-bond acceptors (Lipinski definition) is 4. The van der Waals surface area contributed by atoms with Gasteiger partial charge in [0.25, 0.3) is 5.91 Å². The van der Waals surface area contributed by atoms with Crippen LogP contribution < -0.4 is 10.7 Å². The summed E-state index contributed by atoms with van der Waals surface area (Å²) in [5.74, 6) is 0.0362. The van der Waals surface area contributed by atoms with Crippen molar-refractivity contribution in [3.8, 4) is 0 Å². The van der Waals surface area contributed by atoms with Gasteiger partial charge in [0, 0.05) is 48.8 Å². The quantitative estimate of drug-likeness (QED) is 0.802. The highest BCUT2D eigenvalue weighted by Crippen LogP contribution is 2.18. The van der Waals surface area contributed by atoms with Crippen LogP contribution in [0.25, 0.3) is 10.9 Å². The Labute approximate surface area is 170 Å². The monoisotopic (exact) mass is 405 g/mol. The summed E-state index contributed by atoms with van der Waals surface area (Å²) in [7, 11) is 0. The second-order valence-corrected chi connectivity index (χ2v) is 7.93. The van der Waals surface area contributed by atoms with Crippen molar-refractivity contribution in [1.82, 2.24) is 14.8 Å². The Balaban J connectivity index is 1.84. The summed E-state index contributed by atoms with van der Waals surface area (Å²) in [6.45, 7) is 10.6. The summed E-state index contributed by atoms with van der Waals surface area (Å²) >= 11 is 6.08. The summed E-state index contributed by atoms with van der Waals surface area (Å²) in [5, 5.41) is 3.93. The third-order valence-electron chi connectivity index (χ3n) is 5.38. The number of aromatic nitrogens is 1. The van der Waals surface area contributed by atoms with Crippen LogP contribution in [0.4, 0.5) is 0 Å². The largest absolute Gasteiger partial charge is 0.379 e. The van der Waals surface area contributed by atoms with Crippen LogP contribution >= 0.6 is 11.6 Å². The van der Waals surface area contributed by atoms with Gasteiger partial charge >= 0.3 is 0 Å². The molecule has 1 aliphatic rings. The van der Waals surface area contributed by atoms with E-state index < -0.39 is 0 Å². The number of halogens is 1. The number of nitrogens with one attached hydrogen (secondary N) is 1. The second kappa shape index (κ2) is 9.07. The van der Waals surface area contributed by atoms with Crippen molar-refractivity contribution in [2.45, 2.75) is 33.4 Å². The van der Waals surface area contributed by atoms with E-state index in [0.29, 0.717) is 42.6 Å². The van der Waals surface area contributed by atoms with E-state index >= 15 is 0 Å². The van der Waals surface area contributed by atoms with Gasteiger partial charge < -0.3 is 14.6 Å². The number of carbonyl (C=O) groups excluding carboxylic acids is 1. The second-order valence-electron chi connectivity index (χ2n) is 7.49. The molecule has 0 saturated carbocycles. The molecule has 3 rings (SSSR count). The molecule has 7 heteroatoms. The molecule has 28 heavy (non-hydrogen) atoms. The van der Waals surface area contributed by atoms with Gasteiger partial charge in [0.15, 0.2) is 0 Å². The minimum atomic E-state index is -0.340. The van der Waals surface area contributed by atoms with Gasteiger partial charge in [-0.25, -0.2) is 0 Å². The first-order valence-electron chi connectivity index (χ1n) is 9.85. The number of nitrogens with zero attached hydrogens (tertiary/aromatic N) is 2. The van der Waals surface area contributed by atoms with E-state index in [-0.39, 0.29) is 22.9 Å². The topological polar surface area (TPSA) is 63.6 Å². The molecule has 0 bridgehead atoms. The lowest BCUT2D eigenvalue weighted by molar-refractivity contribution is 0.00672. The summed E-state index contributed by atoms with van der Waals surface area (Å²) in [5.41, 5.74) is 0.648. The first-order valence-corrected chi connectivity index (χ1v) is 10.2. The molecule has 6 nitrogen and oxygen atoms in total. The van der Waals surface area contributed by atoms with Crippen LogP contribution in [-0.4, -0.2) is 54.3 Å². The molecule has 1 amide bonds. The molecule has 152 valence electrons. The van der Waals surface area contributed by atoms with Crippen LogP contribution in [0.3, 0.4) is 0 Å². The van der Waals surface area contributed by atoms with E-state index in [1.165, 1.54) is 0 Å². The first-order chi connectivity index (χ1) is 13.4. The van der Waals surface area contributed by atoms with Crippen LogP contribution in [0.15, 0.2) is 29.2 Å². The van der Waals surface area contributed by atoms with Crippen molar-refractivity contribution in [2.24, 2.45) is 5.92 Å². The van der Waals surface area contributed by atoms with Gasteiger partial charge in [0.05, 0.1) is 18.7 Å². The van der Waals surface area contributed by atoms with Gasteiger partial charge in [0.2, 0.25) is 5.43 Å². The van der Waals surface area contributed by atoms with Crippen LogP contribution in [0, 0.1) is 5.92 Å². The fraction of sp³-hybridized carbons (Fsp3) is 0.524. The molecule has 0 radical (unpaired) electrons. The number of hydrogen-bond donors (Lipinski definition) is 1. The predicted octanol–water partition coefficient (Wildman–Crippen LogP) is 2.76. The maximum atomic E-state index is 12.9. The third-order valence-corrected chi connectivity index (χ3v) is 5.62. The minimum absolute atomic E-state index is 0.154. The van der Waals surface area contributed by atoms with E-state index in [2.05, 4.69) is 24.1 Å². The van der Waals surface area contributed by atoms with E-state index in [1.807, 2.05) is 17.6 Å². The number of aryl methyl sites for hydroxylation is 1. The molecule has 1 N–H and O–H groups in total. The lowest BCUT2D eigenvalue weighted by Crippen LogP contribution is -2.51. The van der Waals surface area contributed by atoms with E-state index in [1.54, 1.807) is 18.3 Å². The highest BCUT2D eigenvalue weighted by atomic mass is 35.5. The van der Waals surface area contributed by atoms with Crippen LogP contribution in [0.2, 0.25) is 5.02 Å². The van der Waals surface area contributed by atoms with Crippen LogP contribution in [0.1, 0.15) is 31.1 Å². The van der Waals surface area contributed by atoms with Gasteiger partial charge in [-0.15, -0.1) is 0 Å². The fourth-order valence-electron chi connectivity index (χ4n) is 3.78. The number of rotatable bonds is 6. The maximum absolute atomic E-state index is 12.9. The highest BCUT2D eigenvalue weighted by Gasteiger charge is 2.25. The molecule has 1 aromatic heterocycles. The Bertz CT molecular complexity index is 904. The Kier molecular flexibility index (Phi) is 6.75. The number of pyridine rings is 1. The molecule has 1 atom stereocenters. The Morgan fingerprint density at radius 1 is 1.29 bits per heavy atom. The number of fused-ring (bicyclic) bond motifs is 1. The maximum Gasteiger partial charge on any atom is 0.256 e. The zero-order chi connectivity index (χ0) is 20.3. The third kappa shape index (κ3) is 4.40. The van der Waals surface area contributed by atoms with Crippen LogP contribution in [-0.2, 0) is 11.3 Å². The summed E-state index contributed by atoms with van der Waals surface area (Å²) in [4.78, 5) is 28.1. The van der Waals surface area contributed by atoms with Gasteiger partial charge in [-0.2, -0.15) is 0 Å². The summed E-state index contributed by atoms with van der Waals surface area (Å²) in [6, 6.07) is 5.41. The molecular weight excluding hydrogens is 378 g/mol. The van der Waals surface area contributed by atoms with E-state index in [4.69, 9.17) is 16.3 Å². The lowest BCUT2D eigenvalue weighted by Gasteiger charge is -2.36. The number of morpholine rings is 1. The Hall–Kier alpha value is -1.89. The predicted molar refractivity (Wildman–Crippen MR) is 112 cm³/mol. The van der Waals surface area contributed by atoms with Crippen molar-refractivity contribution in [3.63, 3.8) is 0 Å². The van der Waals surface area contributed by atoms with Crippen molar-refractivity contribution < 1.29 is 9.53 Å². The zero-order valence-electron chi connectivity index (χ0n) is 16.7. The molecule has 2 heterocycles. The van der Waals surface area contributed by atoms with Gasteiger partial charge in [-0.05, 0) is 31.0 Å². The SMILES string of the molecule is CCn1cc(C(=O)NC[C@H](C(C)C)N2CCOCC2)c(=O)c2cc(Cl)ccc21. The molecule has 0 spiro atoms. The normalized spacial score (nSPS) is 16.5. The van der Waals surface area contributed by atoms with Crippen molar-refractivity contribution in [1.29, 1.82) is 0 Å². The number of ether oxygens (including phenoxy) is 1. The Morgan fingerprint density at radius 2 is 2.00 bits per heavy atom. The molecule has 1 aliphatic heterocycles.